The Hall–Kier alpha value is -3.39. The molecule has 0 unspecified atom stereocenters. The topological polar surface area (TPSA) is 128 Å². The Morgan fingerprint density at radius 3 is 2.26 bits per heavy atom. The summed E-state index contributed by atoms with van der Waals surface area (Å²) in [6.07, 6.45) is -5.08. The molecule has 1 heterocycles. The lowest BCUT2D eigenvalue weighted by Crippen LogP contribution is -2.43. The van der Waals surface area contributed by atoms with Crippen LogP contribution < -0.4 is 20.3 Å². The molecule has 0 saturated carbocycles. The number of sulfonamides is 1. The lowest BCUT2D eigenvalue weighted by molar-refractivity contribution is -0.192. The Kier molecular flexibility index (Phi) is 9.42. The van der Waals surface area contributed by atoms with Crippen LogP contribution in [0.25, 0.3) is 0 Å². The monoisotopic (exact) mass is 520 g/mol. The van der Waals surface area contributed by atoms with Crippen molar-refractivity contribution >= 4 is 33.3 Å². The SMILES string of the molecule is CCNC(=O)c1ccc(N2CCNCC2)c(NS(=O)(=O)c2ccccc2F)c1.O=C(O)C(F)(F)F. The van der Waals surface area contributed by atoms with Gasteiger partial charge in [-0.1, -0.05) is 12.1 Å². The zero-order valence-corrected chi connectivity index (χ0v) is 19.3. The molecular weight excluding hydrogens is 496 g/mol. The molecule has 14 heteroatoms. The van der Waals surface area contributed by atoms with Crippen LogP contribution in [0.3, 0.4) is 0 Å². The number of aliphatic carboxylic acids is 1. The molecule has 0 aliphatic carbocycles. The molecule has 3 rings (SSSR count). The third-order valence-corrected chi connectivity index (χ3v) is 6.07. The van der Waals surface area contributed by atoms with Crippen molar-refractivity contribution in [3.63, 3.8) is 0 Å². The summed E-state index contributed by atoms with van der Waals surface area (Å²) in [7, 11) is -4.16. The molecule has 4 N–H and O–H groups in total. The number of hydrogen-bond acceptors (Lipinski definition) is 6. The van der Waals surface area contributed by atoms with E-state index in [-0.39, 0.29) is 11.6 Å². The van der Waals surface area contributed by atoms with Gasteiger partial charge in [0.25, 0.3) is 15.9 Å². The average Bonchev–Trinajstić information content (AvgIpc) is 2.79. The standard InChI is InChI=1S/C19H23FN4O3S.C2HF3O2/c1-2-22-19(25)14-7-8-17(24-11-9-21-10-12-24)16(13-14)23-28(26,27)18-6-4-3-5-15(18)20;3-2(4,5)1(6)7/h3-8,13,21,23H,2,9-12H2,1H3,(H,22,25);(H,6,7). The number of rotatable bonds is 6. The van der Waals surface area contributed by atoms with E-state index in [9.17, 15) is 30.8 Å². The summed E-state index contributed by atoms with van der Waals surface area (Å²) in [5.41, 5.74) is 1.22. The summed E-state index contributed by atoms with van der Waals surface area (Å²) >= 11 is 0. The van der Waals surface area contributed by atoms with Gasteiger partial charge >= 0.3 is 12.1 Å². The molecule has 2 aromatic rings. The van der Waals surface area contributed by atoms with Gasteiger partial charge in [-0.05, 0) is 37.3 Å². The quantitative estimate of drug-likeness (QED) is 0.431. The number of carbonyl (C=O) groups excluding carboxylic acids is 1. The first-order valence-electron chi connectivity index (χ1n) is 10.3. The summed E-state index contributed by atoms with van der Waals surface area (Å²) in [4.78, 5) is 22.7. The molecule has 0 aromatic heterocycles. The number of alkyl halides is 3. The van der Waals surface area contributed by atoms with Gasteiger partial charge in [0.2, 0.25) is 0 Å². The van der Waals surface area contributed by atoms with E-state index in [1.165, 1.54) is 24.3 Å². The van der Waals surface area contributed by atoms with Crippen LogP contribution in [0.4, 0.5) is 28.9 Å². The number of hydrogen-bond donors (Lipinski definition) is 4. The molecule has 1 fully saturated rings. The third kappa shape index (κ3) is 7.82. The number of nitrogens with one attached hydrogen (secondary N) is 3. The van der Waals surface area contributed by atoms with E-state index in [2.05, 4.69) is 15.4 Å². The summed E-state index contributed by atoms with van der Waals surface area (Å²) in [6.45, 7) is 5.16. The van der Waals surface area contributed by atoms with Crippen molar-refractivity contribution in [3.8, 4) is 0 Å². The lowest BCUT2D eigenvalue weighted by Gasteiger charge is -2.31. The number of carboxylic acids is 1. The van der Waals surface area contributed by atoms with E-state index in [4.69, 9.17) is 9.90 Å². The molecular formula is C21H24F4N4O5S. The van der Waals surface area contributed by atoms with Crippen molar-refractivity contribution in [2.24, 2.45) is 0 Å². The van der Waals surface area contributed by atoms with E-state index >= 15 is 0 Å². The minimum absolute atomic E-state index is 0.244. The summed E-state index contributed by atoms with van der Waals surface area (Å²) in [5.74, 6) is -3.90. The highest BCUT2D eigenvalue weighted by Crippen LogP contribution is 2.30. The van der Waals surface area contributed by atoms with Gasteiger partial charge in [0.05, 0.1) is 11.4 Å². The zero-order valence-electron chi connectivity index (χ0n) is 18.5. The molecule has 1 aliphatic rings. The maximum absolute atomic E-state index is 14.0. The van der Waals surface area contributed by atoms with Crippen molar-refractivity contribution in [1.29, 1.82) is 0 Å². The van der Waals surface area contributed by atoms with Crippen LogP contribution in [0.2, 0.25) is 0 Å². The van der Waals surface area contributed by atoms with Crippen molar-refractivity contribution < 1.29 is 40.7 Å². The molecule has 0 bridgehead atoms. The number of nitrogens with zero attached hydrogens (tertiary/aromatic N) is 1. The normalized spacial score (nSPS) is 13.9. The smallest absolute Gasteiger partial charge is 0.475 e. The fourth-order valence-electron chi connectivity index (χ4n) is 3.07. The molecule has 0 atom stereocenters. The number of carboxylic acid groups (broad SMARTS) is 1. The van der Waals surface area contributed by atoms with Gasteiger partial charge in [0.1, 0.15) is 10.7 Å². The number of carbonyl (C=O) groups is 2. The summed E-state index contributed by atoms with van der Waals surface area (Å²) < 4.78 is 73.8. The van der Waals surface area contributed by atoms with E-state index in [1.54, 1.807) is 19.1 Å². The van der Waals surface area contributed by atoms with E-state index in [0.29, 0.717) is 30.9 Å². The number of benzene rings is 2. The first-order valence-corrected chi connectivity index (χ1v) is 11.8. The van der Waals surface area contributed by atoms with Crippen LogP contribution in [0.15, 0.2) is 47.4 Å². The molecule has 1 saturated heterocycles. The van der Waals surface area contributed by atoms with Crippen LogP contribution in [0.1, 0.15) is 17.3 Å². The Labute approximate surface area is 199 Å². The zero-order chi connectivity index (χ0) is 26.2. The number of amides is 1. The predicted octanol–water partition coefficient (Wildman–Crippen LogP) is 2.42. The maximum Gasteiger partial charge on any atom is 0.490 e. The van der Waals surface area contributed by atoms with Crippen LogP contribution in [-0.4, -0.2) is 64.3 Å². The fraction of sp³-hybridized carbons (Fsp3) is 0.333. The summed E-state index contributed by atoms with van der Waals surface area (Å²) in [5, 5.41) is 13.1. The fourth-order valence-corrected chi connectivity index (χ4v) is 4.21. The second-order valence-electron chi connectivity index (χ2n) is 7.17. The van der Waals surface area contributed by atoms with Crippen molar-refractivity contribution in [2.75, 3.05) is 42.3 Å². The first kappa shape index (κ1) is 27.9. The summed E-state index contributed by atoms with van der Waals surface area (Å²) in [6, 6.07) is 10.0. The van der Waals surface area contributed by atoms with Gasteiger partial charge in [-0.15, -0.1) is 0 Å². The number of piperazine rings is 1. The Morgan fingerprint density at radius 2 is 1.71 bits per heavy atom. The lowest BCUT2D eigenvalue weighted by atomic mass is 10.1. The highest BCUT2D eigenvalue weighted by Gasteiger charge is 2.38. The Morgan fingerprint density at radius 1 is 1.11 bits per heavy atom. The molecule has 1 aliphatic heterocycles. The second-order valence-corrected chi connectivity index (χ2v) is 8.82. The van der Waals surface area contributed by atoms with E-state index < -0.39 is 32.9 Å². The van der Waals surface area contributed by atoms with Crippen molar-refractivity contribution in [2.45, 2.75) is 18.0 Å². The molecule has 35 heavy (non-hydrogen) atoms. The van der Waals surface area contributed by atoms with Gasteiger partial charge in [0, 0.05) is 38.3 Å². The van der Waals surface area contributed by atoms with Crippen LogP contribution in [-0.2, 0) is 14.8 Å². The molecule has 192 valence electrons. The minimum Gasteiger partial charge on any atom is -0.475 e. The largest absolute Gasteiger partial charge is 0.490 e. The molecule has 1 amide bonds. The van der Waals surface area contributed by atoms with Crippen molar-refractivity contribution in [1.82, 2.24) is 10.6 Å². The van der Waals surface area contributed by atoms with Crippen molar-refractivity contribution in [3.05, 3.63) is 53.8 Å². The van der Waals surface area contributed by atoms with Gasteiger partial charge in [0.15, 0.2) is 0 Å². The van der Waals surface area contributed by atoms with E-state index in [0.717, 1.165) is 19.2 Å². The van der Waals surface area contributed by atoms with Gasteiger partial charge in [-0.3, -0.25) is 9.52 Å². The van der Waals surface area contributed by atoms with Gasteiger partial charge in [-0.2, -0.15) is 13.2 Å². The number of halogens is 4. The Balaban J connectivity index is 0.000000540. The van der Waals surface area contributed by atoms with Crippen LogP contribution in [0, 0.1) is 5.82 Å². The Bertz CT molecular complexity index is 1150. The minimum atomic E-state index is -5.08. The van der Waals surface area contributed by atoms with Gasteiger partial charge < -0.3 is 20.6 Å². The highest BCUT2D eigenvalue weighted by atomic mass is 32.2. The molecule has 0 radical (unpaired) electrons. The third-order valence-electron chi connectivity index (χ3n) is 4.67. The molecule has 9 nitrogen and oxygen atoms in total. The van der Waals surface area contributed by atoms with Gasteiger partial charge in [-0.25, -0.2) is 17.6 Å². The maximum atomic E-state index is 14.0. The highest BCUT2D eigenvalue weighted by molar-refractivity contribution is 7.92. The average molecular weight is 521 g/mol. The first-order chi connectivity index (χ1) is 16.4. The second kappa shape index (κ2) is 11.8. The van der Waals surface area contributed by atoms with Crippen LogP contribution >= 0.6 is 0 Å². The molecule has 0 spiro atoms. The van der Waals surface area contributed by atoms with Crippen LogP contribution in [0.5, 0.6) is 0 Å². The molecule has 2 aromatic carbocycles. The van der Waals surface area contributed by atoms with E-state index in [1.807, 2.05) is 4.90 Å². The number of anilines is 2. The predicted molar refractivity (Wildman–Crippen MR) is 120 cm³/mol.